The number of halogens is 4. The van der Waals surface area contributed by atoms with Crippen molar-refractivity contribution in [3.05, 3.63) is 58.6 Å². The van der Waals surface area contributed by atoms with Gasteiger partial charge in [-0.25, -0.2) is 22.0 Å². The van der Waals surface area contributed by atoms with Crippen LogP contribution in [0.2, 0.25) is 5.02 Å². The van der Waals surface area contributed by atoms with Crippen LogP contribution in [0.15, 0.2) is 41.3 Å². The lowest BCUT2D eigenvalue weighted by Crippen LogP contribution is -2.54. The summed E-state index contributed by atoms with van der Waals surface area (Å²) in [6.07, 6.45) is 0.969. The van der Waals surface area contributed by atoms with Gasteiger partial charge in [-0.1, -0.05) is 18.0 Å². The summed E-state index contributed by atoms with van der Waals surface area (Å²) in [5, 5.41) is 0.341. The molecule has 0 spiro atoms. The topological polar surface area (TPSA) is 69.7 Å². The van der Waals surface area contributed by atoms with Gasteiger partial charge >= 0.3 is 5.43 Å². The second kappa shape index (κ2) is 8.22. The molecule has 2 aromatic carbocycles. The third-order valence-electron chi connectivity index (χ3n) is 6.19. The van der Waals surface area contributed by atoms with E-state index in [1.807, 2.05) is 0 Å². The van der Waals surface area contributed by atoms with Gasteiger partial charge in [-0.2, -0.15) is 0 Å². The second-order valence-electron chi connectivity index (χ2n) is 7.70. The van der Waals surface area contributed by atoms with Gasteiger partial charge in [-0.05, 0) is 49.2 Å². The van der Waals surface area contributed by atoms with Crippen molar-refractivity contribution < 1.29 is 31.5 Å². The predicted octanol–water partition coefficient (Wildman–Crippen LogP) is 5.47. The normalized spacial score (nSPS) is 25.2. The molecular weight excluding hydrogens is 473 g/mol. The summed E-state index contributed by atoms with van der Waals surface area (Å²) < 4.78 is 66.5. The van der Waals surface area contributed by atoms with Crippen molar-refractivity contribution in [2.75, 3.05) is 13.2 Å². The first-order chi connectivity index (χ1) is 14.7. The lowest BCUT2D eigenvalue weighted by Gasteiger charge is -2.50. The smallest absolute Gasteiger partial charge is 0.403 e. The highest BCUT2D eigenvalue weighted by molar-refractivity contribution is 7.92. The van der Waals surface area contributed by atoms with E-state index in [4.69, 9.17) is 32.7 Å². The molecule has 1 aliphatic heterocycles. The van der Waals surface area contributed by atoms with Crippen LogP contribution in [-0.2, 0) is 19.3 Å². The van der Waals surface area contributed by atoms with Crippen LogP contribution in [0, 0.1) is 23.5 Å². The molecule has 3 atom stereocenters. The Morgan fingerprint density at radius 3 is 2.52 bits per heavy atom. The van der Waals surface area contributed by atoms with Crippen LogP contribution >= 0.6 is 23.2 Å². The summed E-state index contributed by atoms with van der Waals surface area (Å²) in [6, 6.07) is 7.36. The third-order valence-corrected chi connectivity index (χ3v) is 9.12. The van der Waals surface area contributed by atoms with Gasteiger partial charge in [0.25, 0.3) is 0 Å². The molecule has 0 radical (unpaired) electrons. The number of carbonyl (C=O) groups excluding carboxylic acids is 1. The highest BCUT2D eigenvalue weighted by atomic mass is 35.5. The first kappa shape index (κ1) is 22.3. The molecule has 1 aliphatic carbocycles. The molecule has 10 heteroatoms. The molecule has 1 saturated carbocycles. The SMILES string of the molecule is O=C(Cl)OC[C@@H]1CCC[C@@]2(S(=O)(=O)c3ccc(Cl)cc3)c3c(F)ccc(F)c3OCC12. The van der Waals surface area contributed by atoms with Crippen LogP contribution in [0.4, 0.5) is 13.6 Å². The molecule has 1 heterocycles. The Morgan fingerprint density at radius 1 is 1.16 bits per heavy atom. The minimum absolute atomic E-state index is 0.0602. The van der Waals surface area contributed by atoms with Gasteiger partial charge in [-0.15, -0.1) is 0 Å². The molecule has 2 aromatic rings. The van der Waals surface area contributed by atoms with Crippen molar-refractivity contribution in [1.82, 2.24) is 0 Å². The Morgan fingerprint density at radius 2 is 1.84 bits per heavy atom. The van der Waals surface area contributed by atoms with Crippen molar-refractivity contribution in [1.29, 1.82) is 0 Å². The van der Waals surface area contributed by atoms with Gasteiger partial charge < -0.3 is 9.47 Å². The van der Waals surface area contributed by atoms with Crippen LogP contribution in [0.1, 0.15) is 24.8 Å². The van der Waals surface area contributed by atoms with Gasteiger partial charge in [0.2, 0.25) is 0 Å². The Bertz CT molecular complexity index is 1120. The summed E-state index contributed by atoms with van der Waals surface area (Å²) in [5.41, 5.74) is -1.34. The quantitative estimate of drug-likeness (QED) is 0.531. The summed E-state index contributed by atoms with van der Waals surface area (Å²) in [6.45, 7) is -0.328. The summed E-state index contributed by atoms with van der Waals surface area (Å²) >= 11 is 11.2. The fourth-order valence-electron chi connectivity index (χ4n) is 4.88. The number of ether oxygens (including phenoxy) is 2. The maximum Gasteiger partial charge on any atom is 0.403 e. The van der Waals surface area contributed by atoms with Gasteiger partial charge in [0.1, 0.15) is 10.6 Å². The zero-order chi connectivity index (χ0) is 22.4. The molecule has 5 nitrogen and oxygen atoms in total. The molecule has 1 fully saturated rings. The molecule has 4 rings (SSSR count). The Kier molecular flexibility index (Phi) is 5.91. The highest BCUT2D eigenvalue weighted by Gasteiger charge is 2.61. The maximum atomic E-state index is 15.2. The van der Waals surface area contributed by atoms with Crippen LogP contribution in [0.5, 0.6) is 5.75 Å². The largest absolute Gasteiger partial charge is 0.490 e. The number of hydrogen-bond acceptors (Lipinski definition) is 5. The van der Waals surface area contributed by atoms with E-state index in [2.05, 4.69) is 0 Å². The van der Waals surface area contributed by atoms with E-state index in [0.717, 1.165) is 12.1 Å². The third kappa shape index (κ3) is 3.58. The lowest BCUT2D eigenvalue weighted by atomic mass is 9.67. The van der Waals surface area contributed by atoms with Gasteiger partial charge in [-0.3, -0.25) is 0 Å². The van der Waals surface area contributed by atoms with E-state index in [1.165, 1.54) is 24.3 Å². The summed E-state index contributed by atoms with van der Waals surface area (Å²) in [7, 11) is -4.24. The molecule has 2 aliphatic rings. The second-order valence-corrected chi connectivity index (χ2v) is 10.7. The van der Waals surface area contributed by atoms with Crippen molar-refractivity contribution in [2.24, 2.45) is 11.8 Å². The number of hydrogen-bond donors (Lipinski definition) is 0. The molecule has 0 aromatic heterocycles. The van der Waals surface area contributed by atoms with Crippen molar-refractivity contribution in [3.63, 3.8) is 0 Å². The van der Waals surface area contributed by atoms with E-state index in [0.29, 0.717) is 17.9 Å². The molecule has 0 saturated heterocycles. The van der Waals surface area contributed by atoms with E-state index in [1.54, 1.807) is 0 Å². The van der Waals surface area contributed by atoms with Gasteiger partial charge in [0.15, 0.2) is 21.4 Å². The number of fused-ring (bicyclic) bond motifs is 3. The average molecular weight is 491 g/mol. The first-order valence-corrected chi connectivity index (χ1v) is 11.9. The summed E-state index contributed by atoms with van der Waals surface area (Å²) in [4.78, 5) is 11.1. The highest BCUT2D eigenvalue weighted by Crippen LogP contribution is 2.58. The van der Waals surface area contributed by atoms with E-state index < -0.39 is 49.2 Å². The van der Waals surface area contributed by atoms with Gasteiger partial charge in [0, 0.05) is 28.5 Å². The zero-order valence-electron chi connectivity index (χ0n) is 16.1. The lowest BCUT2D eigenvalue weighted by molar-refractivity contribution is 0.0388. The predicted molar refractivity (Wildman–Crippen MR) is 110 cm³/mol. The van der Waals surface area contributed by atoms with Crippen LogP contribution in [0.3, 0.4) is 0 Å². The van der Waals surface area contributed by atoms with Crippen LogP contribution in [-0.4, -0.2) is 27.1 Å². The first-order valence-electron chi connectivity index (χ1n) is 9.62. The molecule has 0 bridgehead atoms. The Balaban J connectivity index is 1.96. The standard InChI is InChI=1S/C21H18Cl2F2O5S/c22-13-3-5-14(6-4-13)31(27,28)21-9-1-2-12(10-30-20(23)26)15(21)11-29-19-17(25)8-7-16(24)18(19)21/h3-8,12,15H,1-2,9-11H2/t12-,15?,21-/m0/s1. The molecule has 1 unspecified atom stereocenters. The van der Waals surface area contributed by atoms with E-state index >= 15 is 4.39 Å². The number of carbonyl (C=O) groups is 1. The number of rotatable bonds is 4. The fourth-order valence-corrected chi connectivity index (χ4v) is 7.52. The molecule has 0 amide bonds. The minimum Gasteiger partial charge on any atom is -0.490 e. The molecular formula is C21H18Cl2F2O5S. The Labute approximate surface area is 188 Å². The summed E-state index contributed by atoms with van der Waals surface area (Å²) in [5.74, 6) is -3.37. The van der Waals surface area contributed by atoms with Gasteiger partial charge in [0.05, 0.1) is 23.7 Å². The van der Waals surface area contributed by atoms with Crippen molar-refractivity contribution in [2.45, 2.75) is 28.9 Å². The van der Waals surface area contributed by atoms with Crippen molar-refractivity contribution >= 4 is 38.5 Å². The van der Waals surface area contributed by atoms with Crippen molar-refractivity contribution in [3.8, 4) is 5.75 Å². The van der Waals surface area contributed by atoms with E-state index in [-0.39, 0.29) is 30.1 Å². The fraction of sp³-hybridized carbons (Fsp3) is 0.381. The Hall–Kier alpha value is -1.90. The number of benzene rings is 2. The monoisotopic (exact) mass is 490 g/mol. The minimum atomic E-state index is -4.24. The van der Waals surface area contributed by atoms with Crippen LogP contribution < -0.4 is 4.74 Å². The van der Waals surface area contributed by atoms with E-state index in [9.17, 15) is 17.6 Å². The molecule has 0 N–H and O–H groups in total. The maximum absolute atomic E-state index is 15.2. The number of sulfone groups is 1. The van der Waals surface area contributed by atoms with Crippen LogP contribution in [0.25, 0.3) is 0 Å². The average Bonchev–Trinajstić information content (AvgIpc) is 2.74. The zero-order valence-corrected chi connectivity index (χ0v) is 18.4. The molecule has 166 valence electrons. The molecule has 31 heavy (non-hydrogen) atoms.